The van der Waals surface area contributed by atoms with Crippen molar-refractivity contribution in [3.05, 3.63) is 5.82 Å². The minimum absolute atomic E-state index is 0.246. The molecule has 0 aromatic carbocycles. The fraction of sp³-hybridized carbons (Fsp3) is 0.769. The van der Waals surface area contributed by atoms with Gasteiger partial charge in [-0.25, -0.2) is 9.48 Å². The molecule has 2 rings (SSSR count). The third-order valence-corrected chi connectivity index (χ3v) is 3.32. The summed E-state index contributed by atoms with van der Waals surface area (Å²) < 4.78 is 6.95. The molecule has 7 heteroatoms. The molecule has 0 aliphatic carbocycles. The van der Waals surface area contributed by atoms with E-state index in [1.165, 1.54) is 0 Å². The molecule has 0 atom stereocenters. The highest BCUT2D eigenvalue weighted by Crippen LogP contribution is 2.26. The topological polar surface area (TPSA) is 86.3 Å². The molecule has 1 fully saturated rings. The summed E-state index contributed by atoms with van der Waals surface area (Å²) in [4.78, 5) is 18.0. The Kier molecular flexibility index (Phi) is 3.87. The molecule has 2 N–H and O–H groups in total. The zero-order valence-electron chi connectivity index (χ0n) is 12.6. The number of nitrogens with two attached hydrogens (primary N) is 1. The lowest BCUT2D eigenvalue weighted by atomic mass is 9.96. The molecule has 20 heavy (non-hydrogen) atoms. The number of ether oxygens (including phenoxy) is 1. The zero-order valence-corrected chi connectivity index (χ0v) is 12.6. The van der Waals surface area contributed by atoms with Gasteiger partial charge in [0.15, 0.2) is 5.82 Å². The second-order valence-corrected chi connectivity index (χ2v) is 6.19. The Hall–Kier alpha value is -1.79. The molecule has 0 saturated carbocycles. The second-order valence-electron chi connectivity index (χ2n) is 6.19. The van der Waals surface area contributed by atoms with Crippen LogP contribution in [-0.4, -0.2) is 44.4 Å². The van der Waals surface area contributed by atoms with Crippen LogP contribution in [0.1, 0.15) is 45.4 Å². The van der Waals surface area contributed by atoms with Gasteiger partial charge in [0, 0.05) is 26.1 Å². The lowest BCUT2D eigenvalue weighted by molar-refractivity contribution is 0.0203. The van der Waals surface area contributed by atoms with E-state index in [9.17, 15) is 4.79 Å². The number of anilines is 1. The Bertz CT molecular complexity index is 464. The molecule has 1 aromatic heterocycles. The van der Waals surface area contributed by atoms with E-state index in [0.29, 0.717) is 19.0 Å². The minimum Gasteiger partial charge on any atom is -0.444 e. The van der Waals surface area contributed by atoms with Gasteiger partial charge in [-0.05, 0) is 33.6 Å². The maximum absolute atomic E-state index is 12.0. The van der Waals surface area contributed by atoms with Crippen LogP contribution in [0.25, 0.3) is 0 Å². The smallest absolute Gasteiger partial charge is 0.410 e. The van der Waals surface area contributed by atoms with Crippen LogP contribution in [-0.2, 0) is 11.8 Å². The number of nitrogens with zero attached hydrogens (tertiary/aromatic N) is 4. The maximum atomic E-state index is 12.0. The van der Waals surface area contributed by atoms with Crippen molar-refractivity contribution < 1.29 is 9.53 Å². The van der Waals surface area contributed by atoms with Gasteiger partial charge in [0.2, 0.25) is 5.95 Å². The molecular formula is C13H23N5O2. The molecule has 0 spiro atoms. The fourth-order valence-corrected chi connectivity index (χ4v) is 2.24. The van der Waals surface area contributed by atoms with Gasteiger partial charge < -0.3 is 15.4 Å². The molecule has 0 radical (unpaired) electrons. The lowest BCUT2D eigenvalue weighted by Gasteiger charge is -2.32. The summed E-state index contributed by atoms with van der Waals surface area (Å²) in [6.07, 6.45) is 1.43. The minimum atomic E-state index is -0.453. The van der Waals surface area contributed by atoms with E-state index in [0.717, 1.165) is 18.7 Å². The molecule has 7 nitrogen and oxygen atoms in total. The first-order chi connectivity index (χ1) is 9.26. The van der Waals surface area contributed by atoms with Gasteiger partial charge >= 0.3 is 6.09 Å². The number of amides is 1. The maximum Gasteiger partial charge on any atom is 0.410 e. The Morgan fingerprint density at radius 2 is 1.95 bits per heavy atom. The van der Waals surface area contributed by atoms with Crippen LogP contribution < -0.4 is 5.73 Å². The number of aromatic nitrogens is 3. The van der Waals surface area contributed by atoms with Gasteiger partial charge in [-0.3, -0.25) is 0 Å². The molecule has 112 valence electrons. The van der Waals surface area contributed by atoms with Crippen molar-refractivity contribution in [3.63, 3.8) is 0 Å². The van der Waals surface area contributed by atoms with Crippen LogP contribution in [0.5, 0.6) is 0 Å². The van der Waals surface area contributed by atoms with Crippen molar-refractivity contribution in [2.75, 3.05) is 18.8 Å². The monoisotopic (exact) mass is 281 g/mol. The normalized spacial score (nSPS) is 17.3. The summed E-state index contributed by atoms with van der Waals surface area (Å²) in [5.74, 6) is 1.46. The molecule has 0 unspecified atom stereocenters. The average Bonchev–Trinajstić information content (AvgIpc) is 2.68. The van der Waals surface area contributed by atoms with Crippen LogP contribution in [0.15, 0.2) is 0 Å². The third-order valence-electron chi connectivity index (χ3n) is 3.32. The third kappa shape index (κ3) is 3.40. The summed E-state index contributed by atoms with van der Waals surface area (Å²) in [5, 5.41) is 4.31. The van der Waals surface area contributed by atoms with E-state index in [1.54, 1.807) is 16.6 Å². The van der Waals surface area contributed by atoms with E-state index >= 15 is 0 Å². The van der Waals surface area contributed by atoms with Crippen LogP contribution in [0, 0.1) is 0 Å². The molecule has 1 amide bonds. The summed E-state index contributed by atoms with van der Waals surface area (Å²) in [6, 6.07) is 0. The second kappa shape index (κ2) is 5.30. The van der Waals surface area contributed by atoms with E-state index in [1.807, 2.05) is 20.8 Å². The van der Waals surface area contributed by atoms with Crippen LogP contribution in [0.2, 0.25) is 0 Å². The number of rotatable bonds is 1. The molecular weight excluding hydrogens is 258 g/mol. The summed E-state index contributed by atoms with van der Waals surface area (Å²) in [5.41, 5.74) is 5.24. The number of hydrogen-bond acceptors (Lipinski definition) is 5. The number of carbonyl (C=O) groups excluding carboxylic acids is 1. The predicted molar refractivity (Wildman–Crippen MR) is 75.2 cm³/mol. The molecule has 1 aromatic rings. The van der Waals surface area contributed by atoms with Gasteiger partial charge in [0.25, 0.3) is 0 Å². The highest BCUT2D eigenvalue weighted by atomic mass is 16.6. The molecule has 1 aliphatic rings. The summed E-state index contributed by atoms with van der Waals surface area (Å²) >= 11 is 0. The standard InChI is InChI=1S/C13H23N5O2/c1-13(2,3)20-12(19)18-7-5-9(6-8-18)10-15-11(14)17(4)16-10/h9H,5-8H2,1-4H3,(H2,14,15,16). The Morgan fingerprint density at radius 3 is 2.40 bits per heavy atom. The largest absolute Gasteiger partial charge is 0.444 e. The highest BCUT2D eigenvalue weighted by molar-refractivity contribution is 5.68. The summed E-state index contributed by atoms with van der Waals surface area (Å²) in [7, 11) is 1.78. The Balaban J connectivity index is 1.91. The Morgan fingerprint density at radius 1 is 1.35 bits per heavy atom. The van der Waals surface area contributed by atoms with Gasteiger partial charge in [0.05, 0.1) is 0 Å². The first-order valence-electron chi connectivity index (χ1n) is 6.90. The molecule has 0 bridgehead atoms. The van der Waals surface area contributed by atoms with E-state index in [-0.39, 0.29) is 12.0 Å². The number of likely N-dealkylation sites (tertiary alicyclic amines) is 1. The summed E-state index contributed by atoms with van der Waals surface area (Å²) in [6.45, 7) is 6.95. The van der Waals surface area contributed by atoms with Gasteiger partial charge in [-0.2, -0.15) is 10.1 Å². The number of aryl methyl sites for hydroxylation is 1. The van der Waals surface area contributed by atoms with E-state index < -0.39 is 5.60 Å². The lowest BCUT2D eigenvalue weighted by Crippen LogP contribution is -2.41. The fourth-order valence-electron chi connectivity index (χ4n) is 2.24. The van der Waals surface area contributed by atoms with Crippen molar-refractivity contribution in [1.29, 1.82) is 0 Å². The van der Waals surface area contributed by atoms with Crippen molar-refractivity contribution in [2.24, 2.45) is 7.05 Å². The van der Waals surface area contributed by atoms with E-state index in [2.05, 4.69) is 10.1 Å². The van der Waals surface area contributed by atoms with E-state index in [4.69, 9.17) is 10.5 Å². The average molecular weight is 281 g/mol. The van der Waals surface area contributed by atoms with Crippen LogP contribution in [0.4, 0.5) is 10.7 Å². The predicted octanol–water partition coefficient (Wildman–Crippen LogP) is 1.51. The molecule has 1 saturated heterocycles. The van der Waals surface area contributed by atoms with Gasteiger partial charge in [-0.1, -0.05) is 0 Å². The van der Waals surface area contributed by atoms with Crippen LogP contribution >= 0.6 is 0 Å². The zero-order chi connectivity index (χ0) is 14.9. The highest BCUT2D eigenvalue weighted by Gasteiger charge is 2.29. The Labute approximate surface area is 119 Å². The number of hydrogen-bond donors (Lipinski definition) is 1. The molecule has 2 heterocycles. The number of piperidine rings is 1. The van der Waals surface area contributed by atoms with Crippen molar-refractivity contribution in [2.45, 2.75) is 45.1 Å². The van der Waals surface area contributed by atoms with Crippen molar-refractivity contribution >= 4 is 12.0 Å². The van der Waals surface area contributed by atoms with Crippen molar-refractivity contribution in [1.82, 2.24) is 19.7 Å². The number of carbonyl (C=O) groups is 1. The first-order valence-corrected chi connectivity index (χ1v) is 6.90. The van der Waals surface area contributed by atoms with Crippen molar-refractivity contribution in [3.8, 4) is 0 Å². The van der Waals surface area contributed by atoms with Gasteiger partial charge in [-0.15, -0.1) is 0 Å². The number of nitrogen functional groups attached to an aromatic ring is 1. The van der Waals surface area contributed by atoms with Crippen LogP contribution in [0.3, 0.4) is 0 Å². The first kappa shape index (κ1) is 14.6. The SMILES string of the molecule is Cn1nc(C2CCN(C(=O)OC(C)(C)C)CC2)nc1N. The molecule has 1 aliphatic heterocycles. The quantitative estimate of drug-likeness (QED) is 0.843. The van der Waals surface area contributed by atoms with Gasteiger partial charge in [0.1, 0.15) is 5.60 Å².